The van der Waals surface area contributed by atoms with Gasteiger partial charge in [0.15, 0.2) is 0 Å². The van der Waals surface area contributed by atoms with E-state index in [4.69, 9.17) is 5.73 Å². The van der Waals surface area contributed by atoms with Gasteiger partial charge in [-0.25, -0.2) is 0 Å². The zero-order valence-electron chi connectivity index (χ0n) is 12.2. The standard InChI is InChI=1S/C17H22N2O/c1-13(2)19(12-15-8-9-15)17(20)16-7-3-5-14(11-16)6-4-10-18/h3,5,7,11,13,15H,8-10,12,18H2,1-2H3. The molecule has 3 heteroatoms. The van der Waals surface area contributed by atoms with E-state index in [0.717, 1.165) is 12.1 Å². The number of hydrogen-bond donors (Lipinski definition) is 1. The van der Waals surface area contributed by atoms with Gasteiger partial charge >= 0.3 is 0 Å². The van der Waals surface area contributed by atoms with Crippen LogP contribution in [0.3, 0.4) is 0 Å². The van der Waals surface area contributed by atoms with E-state index < -0.39 is 0 Å². The monoisotopic (exact) mass is 270 g/mol. The topological polar surface area (TPSA) is 46.3 Å². The number of benzene rings is 1. The Morgan fingerprint density at radius 2 is 2.20 bits per heavy atom. The molecule has 1 amide bonds. The molecule has 1 saturated carbocycles. The molecule has 0 unspecified atom stereocenters. The second-order valence-corrected chi connectivity index (χ2v) is 5.58. The Labute approximate surface area is 121 Å². The van der Waals surface area contributed by atoms with Crippen LogP contribution in [0.25, 0.3) is 0 Å². The van der Waals surface area contributed by atoms with Gasteiger partial charge in [-0.05, 0) is 50.8 Å². The van der Waals surface area contributed by atoms with Crippen molar-refractivity contribution in [2.45, 2.75) is 32.7 Å². The number of nitrogens with zero attached hydrogens (tertiary/aromatic N) is 1. The summed E-state index contributed by atoms with van der Waals surface area (Å²) in [6.07, 6.45) is 2.50. The van der Waals surface area contributed by atoms with Gasteiger partial charge in [0.1, 0.15) is 0 Å². The van der Waals surface area contributed by atoms with Gasteiger partial charge in [-0.15, -0.1) is 0 Å². The van der Waals surface area contributed by atoms with Crippen molar-refractivity contribution >= 4 is 5.91 Å². The zero-order chi connectivity index (χ0) is 14.5. The van der Waals surface area contributed by atoms with E-state index in [9.17, 15) is 4.79 Å². The third-order valence-corrected chi connectivity index (χ3v) is 3.48. The molecule has 0 radical (unpaired) electrons. The lowest BCUT2D eigenvalue weighted by Gasteiger charge is -2.27. The molecule has 2 N–H and O–H groups in total. The number of carbonyl (C=O) groups is 1. The van der Waals surface area contributed by atoms with Crippen molar-refractivity contribution in [1.29, 1.82) is 0 Å². The fourth-order valence-corrected chi connectivity index (χ4v) is 2.16. The third kappa shape index (κ3) is 3.85. The van der Waals surface area contributed by atoms with Gasteiger partial charge in [0.25, 0.3) is 5.91 Å². The lowest BCUT2D eigenvalue weighted by molar-refractivity contribution is 0.0696. The average molecular weight is 270 g/mol. The SMILES string of the molecule is CC(C)N(CC1CC1)C(=O)c1cccc(C#CCN)c1. The van der Waals surface area contributed by atoms with Crippen LogP contribution >= 0.6 is 0 Å². The van der Waals surface area contributed by atoms with Crippen LogP contribution < -0.4 is 5.73 Å². The molecule has 20 heavy (non-hydrogen) atoms. The normalized spacial score (nSPS) is 13.8. The highest BCUT2D eigenvalue weighted by molar-refractivity contribution is 5.94. The Morgan fingerprint density at radius 3 is 2.80 bits per heavy atom. The minimum atomic E-state index is 0.100. The van der Waals surface area contributed by atoms with Crippen molar-refractivity contribution in [3.63, 3.8) is 0 Å². The first kappa shape index (κ1) is 14.6. The maximum absolute atomic E-state index is 12.6. The van der Waals surface area contributed by atoms with E-state index >= 15 is 0 Å². The molecule has 106 valence electrons. The van der Waals surface area contributed by atoms with E-state index in [0.29, 0.717) is 18.0 Å². The smallest absolute Gasteiger partial charge is 0.254 e. The summed E-state index contributed by atoms with van der Waals surface area (Å²) in [6, 6.07) is 7.72. The number of hydrogen-bond acceptors (Lipinski definition) is 2. The van der Waals surface area contributed by atoms with Crippen LogP contribution in [0.15, 0.2) is 24.3 Å². The number of carbonyl (C=O) groups excluding carboxylic acids is 1. The first-order chi connectivity index (χ1) is 9.61. The third-order valence-electron chi connectivity index (χ3n) is 3.48. The summed E-state index contributed by atoms with van der Waals surface area (Å²) in [5.41, 5.74) is 6.93. The summed E-state index contributed by atoms with van der Waals surface area (Å²) < 4.78 is 0. The summed E-state index contributed by atoms with van der Waals surface area (Å²) in [7, 11) is 0. The second kappa shape index (κ2) is 6.58. The van der Waals surface area contributed by atoms with Crippen LogP contribution in [0.1, 0.15) is 42.6 Å². The van der Waals surface area contributed by atoms with Crippen molar-refractivity contribution in [3.05, 3.63) is 35.4 Å². The van der Waals surface area contributed by atoms with Crippen LogP contribution in [-0.4, -0.2) is 29.9 Å². The van der Waals surface area contributed by atoms with E-state index in [1.807, 2.05) is 29.2 Å². The molecule has 1 aromatic carbocycles. The molecular formula is C17H22N2O. The van der Waals surface area contributed by atoms with Crippen LogP contribution in [-0.2, 0) is 0 Å². The van der Waals surface area contributed by atoms with E-state index in [2.05, 4.69) is 25.7 Å². The highest BCUT2D eigenvalue weighted by atomic mass is 16.2. The summed E-state index contributed by atoms with van der Waals surface area (Å²) in [4.78, 5) is 14.6. The van der Waals surface area contributed by atoms with Gasteiger partial charge in [-0.2, -0.15) is 0 Å². The fraction of sp³-hybridized carbons (Fsp3) is 0.471. The molecule has 0 saturated heterocycles. The largest absolute Gasteiger partial charge is 0.336 e. The maximum atomic E-state index is 12.6. The minimum Gasteiger partial charge on any atom is -0.336 e. The van der Waals surface area contributed by atoms with E-state index in [1.165, 1.54) is 12.8 Å². The lowest BCUT2D eigenvalue weighted by Crippen LogP contribution is -2.38. The molecule has 0 atom stereocenters. The Morgan fingerprint density at radius 1 is 1.45 bits per heavy atom. The first-order valence-corrected chi connectivity index (χ1v) is 7.21. The maximum Gasteiger partial charge on any atom is 0.254 e. The van der Waals surface area contributed by atoms with Gasteiger partial charge in [-0.1, -0.05) is 17.9 Å². The molecule has 1 aliphatic carbocycles. The molecule has 1 aliphatic rings. The number of nitrogens with two attached hydrogens (primary N) is 1. The van der Waals surface area contributed by atoms with Crippen LogP contribution in [0, 0.1) is 17.8 Å². The molecule has 0 aliphatic heterocycles. The predicted molar refractivity (Wildman–Crippen MR) is 81.3 cm³/mol. The number of rotatable bonds is 4. The lowest BCUT2D eigenvalue weighted by atomic mass is 10.1. The molecule has 3 nitrogen and oxygen atoms in total. The second-order valence-electron chi connectivity index (χ2n) is 5.58. The van der Waals surface area contributed by atoms with Crippen molar-refractivity contribution < 1.29 is 4.79 Å². The first-order valence-electron chi connectivity index (χ1n) is 7.21. The Balaban J connectivity index is 2.17. The summed E-state index contributed by atoms with van der Waals surface area (Å²) in [6.45, 7) is 5.34. The highest BCUT2D eigenvalue weighted by Crippen LogP contribution is 2.30. The highest BCUT2D eigenvalue weighted by Gasteiger charge is 2.28. The Hall–Kier alpha value is -1.79. The van der Waals surface area contributed by atoms with Crippen molar-refractivity contribution in [2.75, 3.05) is 13.1 Å². The van der Waals surface area contributed by atoms with Crippen LogP contribution in [0.5, 0.6) is 0 Å². The Kier molecular flexibility index (Phi) is 4.81. The molecule has 0 heterocycles. The summed E-state index contributed by atoms with van der Waals surface area (Å²) in [5, 5.41) is 0. The zero-order valence-corrected chi connectivity index (χ0v) is 12.2. The molecular weight excluding hydrogens is 248 g/mol. The van der Waals surface area contributed by atoms with Crippen molar-refractivity contribution in [2.24, 2.45) is 11.7 Å². The quantitative estimate of drug-likeness (QED) is 0.853. The number of amides is 1. The summed E-state index contributed by atoms with van der Waals surface area (Å²) in [5.74, 6) is 6.59. The summed E-state index contributed by atoms with van der Waals surface area (Å²) >= 11 is 0. The van der Waals surface area contributed by atoms with Crippen LogP contribution in [0.2, 0.25) is 0 Å². The van der Waals surface area contributed by atoms with Crippen molar-refractivity contribution in [1.82, 2.24) is 4.90 Å². The Bertz CT molecular complexity index is 535. The van der Waals surface area contributed by atoms with E-state index in [-0.39, 0.29) is 11.9 Å². The van der Waals surface area contributed by atoms with Gasteiger partial charge < -0.3 is 10.6 Å². The average Bonchev–Trinajstić information content (AvgIpc) is 3.26. The molecule has 1 aromatic rings. The molecule has 0 spiro atoms. The van der Waals surface area contributed by atoms with Gasteiger partial charge in [0.05, 0.1) is 6.54 Å². The molecule has 0 bridgehead atoms. The molecule has 1 fully saturated rings. The van der Waals surface area contributed by atoms with Gasteiger partial charge in [0, 0.05) is 23.7 Å². The fourth-order valence-electron chi connectivity index (χ4n) is 2.16. The van der Waals surface area contributed by atoms with E-state index in [1.54, 1.807) is 0 Å². The molecule has 2 rings (SSSR count). The minimum absolute atomic E-state index is 0.100. The van der Waals surface area contributed by atoms with Crippen molar-refractivity contribution in [3.8, 4) is 11.8 Å². The molecule has 0 aromatic heterocycles. The van der Waals surface area contributed by atoms with Gasteiger partial charge in [-0.3, -0.25) is 4.79 Å². The predicted octanol–water partition coefficient (Wildman–Crippen LogP) is 2.26. The van der Waals surface area contributed by atoms with Gasteiger partial charge in [0.2, 0.25) is 0 Å². The van der Waals surface area contributed by atoms with Crippen LogP contribution in [0.4, 0.5) is 0 Å².